The fourth-order valence-electron chi connectivity index (χ4n) is 2.98. The first kappa shape index (κ1) is 13.6. The van der Waals surface area contributed by atoms with Gasteiger partial charge in [0.15, 0.2) is 0 Å². The van der Waals surface area contributed by atoms with E-state index in [4.69, 9.17) is 0 Å². The summed E-state index contributed by atoms with van der Waals surface area (Å²) < 4.78 is 1.97. The van der Waals surface area contributed by atoms with Crippen LogP contribution in [0.15, 0.2) is 0 Å². The first-order valence-electron chi connectivity index (χ1n) is 7.07. The van der Waals surface area contributed by atoms with Crippen molar-refractivity contribution in [3.8, 4) is 0 Å². The molecule has 0 bridgehead atoms. The summed E-state index contributed by atoms with van der Waals surface area (Å²) in [4.78, 5) is 2.58. The van der Waals surface area contributed by atoms with Gasteiger partial charge in [0.2, 0.25) is 0 Å². The van der Waals surface area contributed by atoms with Crippen molar-refractivity contribution >= 4 is 0 Å². The Balaban J connectivity index is 1.85. The maximum absolute atomic E-state index is 4.46. The number of hydrogen-bond donors (Lipinski definition) is 1. The molecule has 0 saturated carbocycles. The molecule has 1 unspecified atom stereocenters. The number of hydrogen-bond acceptors (Lipinski definition) is 3. The van der Waals surface area contributed by atoms with E-state index >= 15 is 0 Å². The SMILES string of the molecule is CCN1CCCC1CNCc1c(C)nn(C)c1C. The summed E-state index contributed by atoms with van der Waals surface area (Å²) in [6.07, 6.45) is 2.69. The summed E-state index contributed by atoms with van der Waals surface area (Å²) in [6, 6.07) is 0.729. The summed E-state index contributed by atoms with van der Waals surface area (Å²) >= 11 is 0. The van der Waals surface area contributed by atoms with Gasteiger partial charge in [-0.05, 0) is 39.8 Å². The second-order valence-corrected chi connectivity index (χ2v) is 5.33. The fraction of sp³-hybridized carbons (Fsp3) is 0.786. The van der Waals surface area contributed by atoms with Crippen LogP contribution in [0.3, 0.4) is 0 Å². The van der Waals surface area contributed by atoms with Gasteiger partial charge in [0.25, 0.3) is 0 Å². The highest BCUT2D eigenvalue weighted by Gasteiger charge is 2.22. The van der Waals surface area contributed by atoms with Crippen molar-refractivity contribution in [1.29, 1.82) is 0 Å². The first-order chi connectivity index (χ1) is 8.63. The highest BCUT2D eigenvalue weighted by Crippen LogP contribution is 2.16. The molecule has 1 N–H and O–H groups in total. The van der Waals surface area contributed by atoms with E-state index in [0.29, 0.717) is 0 Å². The van der Waals surface area contributed by atoms with Gasteiger partial charge in [-0.1, -0.05) is 6.92 Å². The van der Waals surface area contributed by atoms with Crippen molar-refractivity contribution < 1.29 is 0 Å². The third-order valence-corrected chi connectivity index (χ3v) is 4.25. The molecule has 4 heteroatoms. The Bertz CT molecular complexity index is 397. The molecule has 18 heavy (non-hydrogen) atoms. The molecule has 0 amide bonds. The van der Waals surface area contributed by atoms with Gasteiger partial charge in [-0.15, -0.1) is 0 Å². The van der Waals surface area contributed by atoms with Crippen LogP contribution in [0.5, 0.6) is 0 Å². The third-order valence-electron chi connectivity index (χ3n) is 4.25. The average Bonchev–Trinajstić information content (AvgIpc) is 2.89. The van der Waals surface area contributed by atoms with Crippen LogP contribution in [0.2, 0.25) is 0 Å². The van der Waals surface area contributed by atoms with Crippen LogP contribution >= 0.6 is 0 Å². The van der Waals surface area contributed by atoms with Crippen molar-refractivity contribution in [2.75, 3.05) is 19.6 Å². The van der Waals surface area contributed by atoms with Crippen LogP contribution in [0.4, 0.5) is 0 Å². The predicted molar refractivity (Wildman–Crippen MR) is 74.7 cm³/mol. The van der Waals surface area contributed by atoms with Gasteiger partial charge in [0.1, 0.15) is 0 Å². The van der Waals surface area contributed by atoms with E-state index in [9.17, 15) is 0 Å². The van der Waals surface area contributed by atoms with Crippen LogP contribution in [-0.2, 0) is 13.6 Å². The Labute approximate surface area is 110 Å². The molecule has 1 atom stereocenters. The third kappa shape index (κ3) is 2.75. The minimum atomic E-state index is 0.729. The topological polar surface area (TPSA) is 33.1 Å². The number of likely N-dealkylation sites (tertiary alicyclic amines) is 1. The summed E-state index contributed by atoms with van der Waals surface area (Å²) in [5, 5.41) is 8.07. The van der Waals surface area contributed by atoms with Gasteiger partial charge in [-0.25, -0.2) is 0 Å². The zero-order valence-corrected chi connectivity index (χ0v) is 12.2. The largest absolute Gasteiger partial charge is 0.311 e. The Morgan fingerprint density at radius 3 is 2.78 bits per heavy atom. The molecule has 0 aliphatic carbocycles. The summed E-state index contributed by atoms with van der Waals surface area (Å²) in [5.41, 5.74) is 3.79. The number of nitrogens with one attached hydrogen (secondary N) is 1. The fourth-order valence-corrected chi connectivity index (χ4v) is 2.98. The molecule has 1 aliphatic rings. The molecule has 1 aromatic rings. The molecule has 4 nitrogen and oxygen atoms in total. The molecule has 2 heterocycles. The lowest BCUT2D eigenvalue weighted by molar-refractivity contribution is 0.260. The quantitative estimate of drug-likeness (QED) is 0.862. The molecule has 1 fully saturated rings. The lowest BCUT2D eigenvalue weighted by Gasteiger charge is -2.23. The van der Waals surface area contributed by atoms with E-state index in [-0.39, 0.29) is 0 Å². The van der Waals surface area contributed by atoms with E-state index in [1.165, 1.54) is 37.2 Å². The summed E-state index contributed by atoms with van der Waals surface area (Å²) in [5.74, 6) is 0. The molecule has 0 spiro atoms. The zero-order chi connectivity index (χ0) is 13.1. The minimum Gasteiger partial charge on any atom is -0.311 e. The lowest BCUT2D eigenvalue weighted by atomic mass is 10.2. The minimum absolute atomic E-state index is 0.729. The molecule has 0 aromatic carbocycles. The molecule has 1 aliphatic heterocycles. The monoisotopic (exact) mass is 250 g/mol. The van der Waals surface area contributed by atoms with E-state index in [1.807, 2.05) is 11.7 Å². The van der Waals surface area contributed by atoms with Crippen LogP contribution in [0.1, 0.15) is 36.7 Å². The van der Waals surface area contributed by atoms with E-state index in [1.54, 1.807) is 0 Å². The Morgan fingerprint density at radius 1 is 1.39 bits per heavy atom. The summed E-state index contributed by atoms with van der Waals surface area (Å²) in [6.45, 7) is 11.0. The second kappa shape index (κ2) is 5.85. The van der Waals surface area contributed by atoms with E-state index in [0.717, 1.165) is 24.8 Å². The smallest absolute Gasteiger partial charge is 0.0641 e. The maximum atomic E-state index is 4.46. The van der Waals surface area contributed by atoms with Gasteiger partial charge >= 0.3 is 0 Å². The molecular weight excluding hydrogens is 224 g/mol. The Kier molecular flexibility index (Phi) is 4.40. The van der Waals surface area contributed by atoms with Crippen LogP contribution in [0.25, 0.3) is 0 Å². The normalized spacial score (nSPS) is 20.8. The van der Waals surface area contributed by atoms with Gasteiger partial charge in [0.05, 0.1) is 5.69 Å². The Hall–Kier alpha value is -0.870. The van der Waals surface area contributed by atoms with Crippen molar-refractivity contribution in [1.82, 2.24) is 20.0 Å². The van der Waals surface area contributed by atoms with Crippen molar-refractivity contribution in [3.05, 3.63) is 17.0 Å². The average molecular weight is 250 g/mol. The zero-order valence-electron chi connectivity index (χ0n) is 12.2. The molecule has 102 valence electrons. The lowest BCUT2D eigenvalue weighted by Crippen LogP contribution is -2.37. The number of rotatable bonds is 5. The highest BCUT2D eigenvalue weighted by atomic mass is 15.3. The highest BCUT2D eigenvalue weighted by molar-refractivity contribution is 5.23. The van der Waals surface area contributed by atoms with Gasteiger partial charge in [-0.3, -0.25) is 9.58 Å². The number of aromatic nitrogens is 2. The van der Waals surface area contributed by atoms with Crippen molar-refractivity contribution in [2.24, 2.45) is 7.05 Å². The second-order valence-electron chi connectivity index (χ2n) is 5.33. The molecule has 1 saturated heterocycles. The van der Waals surface area contributed by atoms with Gasteiger partial charge in [-0.2, -0.15) is 5.10 Å². The van der Waals surface area contributed by atoms with Gasteiger partial charge < -0.3 is 5.32 Å². The van der Waals surface area contributed by atoms with E-state index < -0.39 is 0 Å². The standard InChI is InChI=1S/C14H26N4/c1-5-18-8-6-7-13(18)9-15-10-14-11(2)16-17(4)12(14)3/h13,15H,5-10H2,1-4H3. The van der Waals surface area contributed by atoms with Crippen LogP contribution < -0.4 is 5.32 Å². The number of nitrogens with zero attached hydrogens (tertiary/aromatic N) is 3. The summed E-state index contributed by atoms with van der Waals surface area (Å²) in [7, 11) is 2.02. The predicted octanol–water partition coefficient (Wildman–Crippen LogP) is 1.61. The van der Waals surface area contributed by atoms with Crippen molar-refractivity contribution in [3.63, 3.8) is 0 Å². The molecule has 1 aromatic heterocycles. The maximum Gasteiger partial charge on any atom is 0.0641 e. The van der Waals surface area contributed by atoms with Crippen LogP contribution in [-0.4, -0.2) is 40.4 Å². The molecule has 0 radical (unpaired) electrons. The number of aryl methyl sites for hydroxylation is 2. The molecule has 2 rings (SSSR count). The van der Waals surface area contributed by atoms with Gasteiger partial charge in [0, 0.05) is 37.4 Å². The first-order valence-corrected chi connectivity index (χ1v) is 7.07. The molecular formula is C14H26N4. The number of likely N-dealkylation sites (N-methyl/N-ethyl adjacent to an activating group) is 1. The van der Waals surface area contributed by atoms with E-state index in [2.05, 4.69) is 36.1 Å². The van der Waals surface area contributed by atoms with Crippen LogP contribution in [0, 0.1) is 13.8 Å². The van der Waals surface area contributed by atoms with Crippen molar-refractivity contribution in [2.45, 2.75) is 46.2 Å². The Morgan fingerprint density at radius 2 is 2.17 bits per heavy atom.